The SMILES string of the molecule is CC(C)(C)CC(=O)N1CCCC1C(=O)NCc1ccc(C(=O)O)o1. The van der Waals surface area contributed by atoms with Gasteiger partial charge in [-0.1, -0.05) is 20.8 Å². The molecule has 1 aliphatic heterocycles. The first-order valence-electron chi connectivity index (χ1n) is 8.06. The summed E-state index contributed by atoms with van der Waals surface area (Å²) < 4.78 is 5.10. The molecule has 0 aliphatic carbocycles. The van der Waals surface area contributed by atoms with Crippen LogP contribution in [-0.4, -0.2) is 40.4 Å². The standard InChI is InChI=1S/C17H24N2O5/c1-17(2,3)9-14(20)19-8-4-5-12(19)15(21)18-10-11-6-7-13(24-11)16(22)23/h6-7,12H,4-5,8-10H2,1-3H3,(H,18,21)(H,22,23). The van der Waals surface area contributed by atoms with Gasteiger partial charge in [-0.2, -0.15) is 0 Å². The maximum atomic E-state index is 12.4. The molecule has 1 atom stereocenters. The summed E-state index contributed by atoms with van der Waals surface area (Å²) in [5, 5.41) is 11.5. The minimum Gasteiger partial charge on any atom is -0.475 e. The summed E-state index contributed by atoms with van der Waals surface area (Å²) in [6, 6.07) is 2.40. The highest BCUT2D eigenvalue weighted by molar-refractivity contribution is 5.88. The van der Waals surface area contributed by atoms with E-state index in [0.29, 0.717) is 25.1 Å². The first kappa shape index (κ1) is 18.0. The van der Waals surface area contributed by atoms with Crippen LogP contribution in [-0.2, 0) is 16.1 Å². The Kier molecular flexibility index (Phi) is 5.31. The summed E-state index contributed by atoms with van der Waals surface area (Å²) in [6.07, 6.45) is 1.84. The Morgan fingerprint density at radius 2 is 2.04 bits per heavy atom. The molecule has 2 amide bonds. The van der Waals surface area contributed by atoms with Gasteiger partial charge in [-0.05, 0) is 30.4 Å². The first-order valence-corrected chi connectivity index (χ1v) is 8.06. The van der Waals surface area contributed by atoms with Gasteiger partial charge in [-0.15, -0.1) is 0 Å². The maximum absolute atomic E-state index is 12.4. The van der Waals surface area contributed by atoms with E-state index in [-0.39, 0.29) is 29.5 Å². The molecule has 0 aromatic carbocycles. The molecular formula is C17H24N2O5. The van der Waals surface area contributed by atoms with Crippen molar-refractivity contribution in [2.45, 2.75) is 52.6 Å². The van der Waals surface area contributed by atoms with Crippen LogP contribution in [0.25, 0.3) is 0 Å². The zero-order valence-corrected chi connectivity index (χ0v) is 14.3. The highest BCUT2D eigenvalue weighted by atomic mass is 16.4. The molecule has 2 heterocycles. The van der Waals surface area contributed by atoms with Crippen molar-refractivity contribution < 1.29 is 23.9 Å². The summed E-state index contributed by atoms with van der Waals surface area (Å²) in [6.45, 7) is 6.67. The lowest BCUT2D eigenvalue weighted by Crippen LogP contribution is -2.46. The second-order valence-electron chi connectivity index (χ2n) is 7.27. The van der Waals surface area contributed by atoms with Crippen LogP contribution in [0.15, 0.2) is 16.5 Å². The Balaban J connectivity index is 1.92. The van der Waals surface area contributed by atoms with Crippen molar-refractivity contribution in [3.05, 3.63) is 23.7 Å². The average Bonchev–Trinajstić information content (AvgIpc) is 3.12. The van der Waals surface area contributed by atoms with E-state index in [1.165, 1.54) is 12.1 Å². The van der Waals surface area contributed by atoms with Crippen LogP contribution in [0.5, 0.6) is 0 Å². The zero-order chi connectivity index (χ0) is 17.9. The van der Waals surface area contributed by atoms with Crippen molar-refractivity contribution in [3.63, 3.8) is 0 Å². The van der Waals surface area contributed by atoms with E-state index in [1.807, 2.05) is 20.8 Å². The molecule has 1 saturated heterocycles. The van der Waals surface area contributed by atoms with E-state index in [4.69, 9.17) is 9.52 Å². The molecule has 2 N–H and O–H groups in total. The molecular weight excluding hydrogens is 312 g/mol. The number of carbonyl (C=O) groups is 3. The number of carboxylic acid groups (broad SMARTS) is 1. The molecule has 1 aromatic rings. The molecule has 2 rings (SSSR count). The van der Waals surface area contributed by atoms with Gasteiger partial charge in [0, 0.05) is 13.0 Å². The molecule has 0 radical (unpaired) electrons. The minimum absolute atomic E-state index is 0.00804. The van der Waals surface area contributed by atoms with E-state index < -0.39 is 12.0 Å². The predicted octanol–water partition coefficient (Wildman–Crippen LogP) is 2.02. The second-order valence-corrected chi connectivity index (χ2v) is 7.27. The van der Waals surface area contributed by atoms with Crippen LogP contribution < -0.4 is 5.32 Å². The van der Waals surface area contributed by atoms with E-state index in [9.17, 15) is 14.4 Å². The number of furan rings is 1. The quantitative estimate of drug-likeness (QED) is 0.857. The van der Waals surface area contributed by atoms with Crippen LogP contribution in [0.1, 0.15) is 56.3 Å². The van der Waals surface area contributed by atoms with Crippen molar-refractivity contribution >= 4 is 17.8 Å². The summed E-state index contributed by atoms with van der Waals surface area (Å²) >= 11 is 0. The summed E-state index contributed by atoms with van der Waals surface area (Å²) in [4.78, 5) is 37.2. The van der Waals surface area contributed by atoms with E-state index in [2.05, 4.69) is 5.32 Å². The van der Waals surface area contributed by atoms with Gasteiger partial charge in [0.25, 0.3) is 0 Å². The van der Waals surface area contributed by atoms with Gasteiger partial charge in [0.05, 0.1) is 6.54 Å². The Morgan fingerprint density at radius 1 is 1.33 bits per heavy atom. The fraction of sp³-hybridized carbons (Fsp3) is 0.588. The summed E-state index contributed by atoms with van der Waals surface area (Å²) in [5.41, 5.74) is -0.123. The lowest BCUT2D eigenvalue weighted by Gasteiger charge is -2.27. The Hall–Kier alpha value is -2.31. The maximum Gasteiger partial charge on any atom is 0.371 e. The number of carbonyl (C=O) groups excluding carboxylic acids is 2. The zero-order valence-electron chi connectivity index (χ0n) is 14.3. The van der Waals surface area contributed by atoms with Gasteiger partial charge in [0.1, 0.15) is 11.8 Å². The fourth-order valence-corrected chi connectivity index (χ4v) is 2.77. The van der Waals surface area contributed by atoms with Gasteiger partial charge >= 0.3 is 5.97 Å². The molecule has 0 bridgehead atoms. The average molecular weight is 336 g/mol. The van der Waals surface area contributed by atoms with Crippen LogP contribution >= 0.6 is 0 Å². The molecule has 1 aliphatic rings. The molecule has 24 heavy (non-hydrogen) atoms. The monoisotopic (exact) mass is 336 g/mol. The van der Waals surface area contributed by atoms with E-state index in [0.717, 1.165) is 6.42 Å². The number of likely N-dealkylation sites (tertiary alicyclic amines) is 1. The summed E-state index contributed by atoms with van der Waals surface area (Å²) in [5.74, 6) is -1.19. The van der Waals surface area contributed by atoms with Gasteiger partial charge in [0.2, 0.25) is 17.6 Å². The third kappa shape index (κ3) is 4.59. The Bertz CT molecular complexity index is 629. The number of hydrogen-bond acceptors (Lipinski definition) is 4. The van der Waals surface area contributed by atoms with E-state index >= 15 is 0 Å². The van der Waals surface area contributed by atoms with Gasteiger partial charge < -0.3 is 19.7 Å². The van der Waals surface area contributed by atoms with Crippen molar-refractivity contribution in [1.82, 2.24) is 10.2 Å². The van der Waals surface area contributed by atoms with Gasteiger partial charge in [-0.25, -0.2) is 4.79 Å². The number of rotatable bonds is 5. The molecule has 7 heteroatoms. The molecule has 1 unspecified atom stereocenters. The number of nitrogens with one attached hydrogen (secondary N) is 1. The van der Waals surface area contributed by atoms with Crippen LogP contribution in [0, 0.1) is 5.41 Å². The Labute approximate surface area is 141 Å². The fourth-order valence-electron chi connectivity index (χ4n) is 2.77. The van der Waals surface area contributed by atoms with Crippen molar-refractivity contribution in [3.8, 4) is 0 Å². The van der Waals surface area contributed by atoms with Crippen molar-refractivity contribution in [2.24, 2.45) is 5.41 Å². The minimum atomic E-state index is -1.15. The first-order chi connectivity index (χ1) is 11.2. The molecule has 1 fully saturated rings. The predicted molar refractivity (Wildman–Crippen MR) is 86.3 cm³/mol. The molecule has 0 saturated carbocycles. The van der Waals surface area contributed by atoms with Crippen LogP contribution in [0.4, 0.5) is 0 Å². The number of amides is 2. The van der Waals surface area contributed by atoms with Gasteiger partial charge in [0.15, 0.2) is 0 Å². The molecule has 0 spiro atoms. The number of carboxylic acids is 1. The number of nitrogens with zero attached hydrogens (tertiary/aromatic N) is 1. The van der Waals surface area contributed by atoms with E-state index in [1.54, 1.807) is 4.90 Å². The lowest BCUT2D eigenvalue weighted by molar-refractivity contribution is -0.139. The Morgan fingerprint density at radius 3 is 2.62 bits per heavy atom. The summed E-state index contributed by atoms with van der Waals surface area (Å²) in [7, 11) is 0. The molecule has 7 nitrogen and oxygen atoms in total. The normalized spacial score (nSPS) is 17.8. The van der Waals surface area contributed by atoms with Crippen LogP contribution in [0.3, 0.4) is 0 Å². The van der Waals surface area contributed by atoms with Gasteiger partial charge in [-0.3, -0.25) is 9.59 Å². The largest absolute Gasteiger partial charge is 0.475 e. The third-order valence-electron chi connectivity index (χ3n) is 3.87. The third-order valence-corrected chi connectivity index (χ3v) is 3.87. The highest BCUT2D eigenvalue weighted by Gasteiger charge is 2.35. The lowest BCUT2D eigenvalue weighted by atomic mass is 9.91. The smallest absolute Gasteiger partial charge is 0.371 e. The molecule has 1 aromatic heterocycles. The van der Waals surface area contributed by atoms with Crippen molar-refractivity contribution in [2.75, 3.05) is 6.54 Å². The number of aromatic carboxylic acids is 1. The number of hydrogen-bond donors (Lipinski definition) is 2. The van der Waals surface area contributed by atoms with Crippen LogP contribution in [0.2, 0.25) is 0 Å². The second kappa shape index (κ2) is 7.07. The van der Waals surface area contributed by atoms with Crippen molar-refractivity contribution in [1.29, 1.82) is 0 Å². The molecule has 132 valence electrons. The highest BCUT2D eigenvalue weighted by Crippen LogP contribution is 2.25. The topological polar surface area (TPSA) is 99.9 Å².